The summed E-state index contributed by atoms with van der Waals surface area (Å²) in [5.41, 5.74) is 1.98. The fourth-order valence-electron chi connectivity index (χ4n) is 2.39. The Morgan fingerprint density at radius 2 is 2.22 bits per heavy atom. The van der Waals surface area contributed by atoms with Crippen LogP contribution in [0, 0.1) is 0 Å². The molecule has 2 heterocycles. The zero-order valence-electron chi connectivity index (χ0n) is 12.8. The minimum atomic E-state index is -0.0510. The Labute approximate surface area is 143 Å². The van der Waals surface area contributed by atoms with E-state index in [2.05, 4.69) is 16.7 Å². The van der Waals surface area contributed by atoms with Crippen molar-refractivity contribution in [1.82, 2.24) is 5.32 Å². The molecule has 4 nitrogen and oxygen atoms in total. The molecule has 2 aromatic rings. The van der Waals surface area contributed by atoms with Gasteiger partial charge in [0.25, 0.3) is 0 Å². The third-order valence-electron chi connectivity index (χ3n) is 3.63. The van der Waals surface area contributed by atoms with Gasteiger partial charge in [-0.3, -0.25) is 9.59 Å². The second-order valence-electron chi connectivity index (χ2n) is 5.44. The van der Waals surface area contributed by atoms with E-state index in [1.54, 1.807) is 23.1 Å². The molecule has 1 aliphatic heterocycles. The summed E-state index contributed by atoms with van der Waals surface area (Å²) >= 11 is 3.17. The fourth-order valence-corrected chi connectivity index (χ4v) is 4.03. The molecule has 1 unspecified atom stereocenters. The summed E-state index contributed by atoms with van der Waals surface area (Å²) in [5, 5.41) is 7.80. The van der Waals surface area contributed by atoms with Crippen LogP contribution in [0.3, 0.4) is 0 Å². The van der Waals surface area contributed by atoms with Crippen LogP contribution in [0.5, 0.6) is 0 Å². The standard InChI is InChI=1S/C17H18N2O2S2/c1-11-17(21)19-14-9-12(4-5-15(14)23-11)6-7-18-16(20)10-13-3-2-8-22-13/h2-5,8-9,11H,6-7,10H2,1H3,(H,18,20)(H,19,21). The van der Waals surface area contributed by atoms with Gasteiger partial charge in [-0.15, -0.1) is 23.1 Å². The smallest absolute Gasteiger partial charge is 0.237 e. The van der Waals surface area contributed by atoms with Crippen molar-refractivity contribution in [2.24, 2.45) is 0 Å². The summed E-state index contributed by atoms with van der Waals surface area (Å²) in [6.07, 6.45) is 1.19. The Hall–Kier alpha value is -1.79. The van der Waals surface area contributed by atoms with E-state index in [0.717, 1.165) is 27.4 Å². The molecule has 0 radical (unpaired) electrons. The second-order valence-corrected chi connectivity index (χ2v) is 7.85. The molecule has 1 aromatic heterocycles. The van der Waals surface area contributed by atoms with Gasteiger partial charge in [0, 0.05) is 16.3 Å². The van der Waals surface area contributed by atoms with Crippen molar-refractivity contribution >= 4 is 40.6 Å². The van der Waals surface area contributed by atoms with Crippen LogP contribution in [0.15, 0.2) is 40.6 Å². The highest BCUT2D eigenvalue weighted by Crippen LogP contribution is 2.35. The van der Waals surface area contributed by atoms with E-state index in [9.17, 15) is 9.59 Å². The van der Waals surface area contributed by atoms with E-state index < -0.39 is 0 Å². The lowest BCUT2D eigenvalue weighted by Crippen LogP contribution is -2.27. The molecule has 0 spiro atoms. The van der Waals surface area contributed by atoms with Crippen LogP contribution >= 0.6 is 23.1 Å². The summed E-state index contributed by atoms with van der Waals surface area (Å²) in [6, 6.07) is 10.0. The van der Waals surface area contributed by atoms with Gasteiger partial charge in [0.15, 0.2) is 0 Å². The van der Waals surface area contributed by atoms with Crippen LogP contribution in [0.2, 0.25) is 0 Å². The summed E-state index contributed by atoms with van der Waals surface area (Å²) in [5.74, 6) is 0.0898. The molecule has 0 saturated carbocycles. The summed E-state index contributed by atoms with van der Waals surface area (Å²) in [6.45, 7) is 2.50. The topological polar surface area (TPSA) is 58.2 Å². The molecule has 23 heavy (non-hydrogen) atoms. The average Bonchev–Trinajstić information content (AvgIpc) is 3.01. The number of amides is 2. The lowest BCUT2D eigenvalue weighted by atomic mass is 10.1. The number of carbonyl (C=O) groups excluding carboxylic acids is 2. The zero-order valence-corrected chi connectivity index (χ0v) is 14.4. The van der Waals surface area contributed by atoms with Crippen LogP contribution in [-0.2, 0) is 22.4 Å². The van der Waals surface area contributed by atoms with Gasteiger partial charge in [-0.1, -0.05) is 12.1 Å². The lowest BCUT2D eigenvalue weighted by molar-refractivity contribution is -0.120. The number of benzene rings is 1. The highest BCUT2D eigenvalue weighted by atomic mass is 32.2. The maximum atomic E-state index is 11.8. The SMILES string of the molecule is CC1Sc2ccc(CCNC(=O)Cc3cccs3)cc2NC1=O. The minimum absolute atomic E-state index is 0.0445. The molecule has 6 heteroatoms. The van der Waals surface area contributed by atoms with Crippen LogP contribution < -0.4 is 10.6 Å². The van der Waals surface area contributed by atoms with E-state index in [0.29, 0.717) is 13.0 Å². The first-order valence-corrected chi connectivity index (χ1v) is 9.27. The minimum Gasteiger partial charge on any atom is -0.355 e. The summed E-state index contributed by atoms with van der Waals surface area (Å²) in [4.78, 5) is 25.8. The van der Waals surface area contributed by atoms with Crippen LogP contribution in [0.25, 0.3) is 0 Å². The van der Waals surface area contributed by atoms with Gasteiger partial charge < -0.3 is 10.6 Å². The monoisotopic (exact) mass is 346 g/mol. The third-order valence-corrected chi connectivity index (χ3v) is 5.68. The highest BCUT2D eigenvalue weighted by Gasteiger charge is 2.22. The Bertz CT molecular complexity index is 713. The molecule has 0 bridgehead atoms. The van der Waals surface area contributed by atoms with Crippen LogP contribution in [-0.4, -0.2) is 23.6 Å². The maximum Gasteiger partial charge on any atom is 0.237 e. The number of anilines is 1. The van der Waals surface area contributed by atoms with Crippen molar-refractivity contribution in [2.75, 3.05) is 11.9 Å². The number of thiophene rings is 1. The molecule has 2 N–H and O–H groups in total. The van der Waals surface area contributed by atoms with Crippen molar-refractivity contribution < 1.29 is 9.59 Å². The van der Waals surface area contributed by atoms with Crippen molar-refractivity contribution in [3.63, 3.8) is 0 Å². The molecule has 0 aliphatic carbocycles. The van der Waals surface area contributed by atoms with E-state index >= 15 is 0 Å². The van der Waals surface area contributed by atoms with Crippen molar-refractivity contribution in [2.45, 2.75) is 29.9 Å². The first-order valence-electron chi connectivity index (χ1n) is 7.51. The second kappa shape index (κ2) is 7.19. The van der Waals surface area contributed by atoms with Crippen molar-refractivity contribution in [3.8, 4) is 0 Å². The normalized spacial score (nSPS) is 16.6. The summed E-state index contributed by atoms with van der Waals surface area (Å²) < 4.78 is 0. The van der Waals surface area contributed by atoms with Gasteiger partial charge in [-0.05, 0) is 42.5 Å². The first-order chi connectivity index (χ1) is 11.1. The molecule has 0 fully saturated rings. The molecule has 3 rings (SSSR count). The Kier molecular flexibility index (Phi) is 5.03. The lowest BCUT2D eigenvalue weighted by Gasteiger charge is -2.21. The summed E-state index contributed by atoms with van der Waals surface area (Å²) in [7, 11) is 0. The van der Waals surface area contributed by atoms with Gasteiger partial charge in [-0.2, -0.15) is 0 Å². The Balaban J connectivity index is 1.52. The van der Waals surface area contributed by atoms with Gasteiger partial charge in [0.05, 0.1) is 17.4 Å². The maximum absolute atomic E-state index is 11.8. The van der Waals surface area contributed by atoms with Crippen LogP contribution in [0.1, 0.15) is 17.4 Å². The van der Waals surface area contributed by atoms with Crippen molar-refractivity contribution in [3.05, 3.63) is 46.2 Å². The molecule has 2 amide bonds. The number of thioether (sulfide) groups is 1. The number of hydrogen-bond donors (Lipinski definition) is 2. The number of rotatable bonds is 5. The van der Waals surface area contributed by atoms with Crippen LogP contribution in [0.4, 0.5) is 5.69 Å². The largest absolute Gasteiger partial charge is 0.355 e. The molecule has 1 atom stereocenters. The van der Waals surface area contributed by atoms with Crippen molar-refractivity contribution in [1.29, 1.82) is 0 Å². The zero-order chi connectivity index (χ0) is 16.2. The van der Waals surface area contributed by atoms with Gasteiger partial charge in [-0.25, -0.2) is 0 Å². The molecule has 1 aliphatic rings. The van der Waals surface area contributed by atoms with Gasteiger partial charge in [0.2, 0.25) is 11.8 Å². The predicted octanol–water partition coefficient (Wildman–Crippen LogP) is 3.08. The molecule has 0 saturated heterocycles. The molecule has 120 valence electrons. The highest BCUT2D eigenvalue weighted by molar-refractivity contribution is 8.00. The Morgan fingerprint density at radius 1 is 1.35 bits per heavy atom. The van der Waals surface area contributed by atoms with E-state index in [1.807, 2.05) is 36.6 Å². The Morgan fingerprint density at radius 3 is 3.00 bits per heavy atom. The molecular weight excluding hydrogens is 328 g/mol. The van der Waals surface area contributed by atoms with E-state index in [-0.39, 0.29) is 17.1 Å². The van der Waals surface area contributed by atoms with Gasteiger partial charge >= 0.3 is 0 Å². The molecular formula is C17H18N2O2S2. The third kappa shape index (κ3) is 4.14. The van der Waals surface area contributed by atoms with Gasteiger partial charge in [0.1, 0.15) is 0 Å². The quantitative estimate of drug-likeness (QED) is 0.875. The average molecular weight is 346 g/mol. The first kappa shape index (κ1) is 16.1. The number of fused-ring (bicyclic) bond motifs is 1. The number of hydrogen-bond acceptors (Lipinski definition) is 4. The van der Waals surface area contributed by atoms with E-state index in [1.165, 1.54) is 0 Å². The fraction of sp³-hybridized carbons (Fsp3) is 0.294. The molecule has 1 aromatic carbocycles. The number of carbonyl (C=O) groups is 2. The van der Waals surface area contributed by atoms with E-state index in [4.69, 9.17) is 0 Å². The predicted molar refractivity (Wildman–Crippen MR) is 95.1 cm³/mol. The number of nitrogens with one attached hydrogen (secondary N) is 2.